The van der Waals surface area contributed by atoms with E-state index in [0.717, 1.165) is 19.4 Å². The van der Waals surface area contributed by atoms with Crippen LogP contribution in [0, 0.1) is 5.92 Å². The molecule has 0 radical (unpaired) electrons. The molecule has 70 valence electrons. The Hall–Kier alpha value is -0.570. The number of ether oxygens (including phenoxy) is 1. The van der Waals surface area contributed by atoms with Crippen LogP contribution in [-0.2, 0) is 9.53 Å². The Morgan fingerprint density at radius 1 is 1.58 bits per heavy atom. The zero-order valence-corrected chi connectivity index (χ0v) is 8.02. The van der Waals surface area contributed by atoms with Crippen molar-refractivity contribution in [3.63, 3.8) is 0 Å². The fourth-order valence-corrected chi connectivity index (χ4v) is 1.76. The van der Waals surface area contributed by atoms with Crippen molar-refractivity contribution in [2.45, 2.75) is 32.2 Å². The first-order valence-electron chi connectivity index (χ1n) is 4.41. The van der Waals surface area contributed by atoms with Crippen LogP contribution in [0.4, 0.5) is 0 Å². The Morgan fingerprint density at radius 2 is 2.25 bits per heavy atom. The van der Waals surface area contributed by atoms with E-state index in [9.17, 15) is 4.79 Å². The molecule has 1 fully saturated rings. The summed E-state index contributed by atoms with van der Waals surface area (Å²) < 4.78 is 4.75. The standard InChI is InChI=1S/C9H17NO2/c1-9(2)7(8(11)12-3)5-4-6-10-9/h7,10H,4-6H2,1-3H3. The predicted molar refractivity (Wildman–Crippen MR) is 46.8 cm³/mol. The van der Waals surface area contributed by atoms with Gasteiger partial charge in [0, 0.05) is 5.54 Å². The second-order valence-corrected chi connectivity index (χ2v) is 3.87. The summed E-state index contributed by atoms with van der Waals surface area (Å²) in [6.07, 6.45) is 2.00. The van der Waals surface area contributed by atoms with Crippen molar-refractivity contribution >= 4 is 5.97 Å². The Morgan fingerprint density at radius 3 is 2.75 bits per heavy atom. The molecule has 0 aromatic heterocycles. The normalized spacial score (nSPS) is 28.1. The highest BCUT2D eigenvalue weighted by Crippen LogP contribution is 2.26. The molecule has 3 nitrogen and oxygen atoms in total. The van der Waals surface area contributed by atoms with E-state index in [4.69, 9.17) is 4.74 Å². The molecule has 1 atom stereocenters. The lowest BCUT2D eigenvalue weighted by atomic mass is 9.81. The van der Waals surface area contributed by atoms with Crippen molar-refractivity contribution < 1.29 is 9.53 Å². The Kier molecular flexibility index (Phi) is 2.73. The number of nitrogens with one attached hydrogen (secondary N) is 1. The molecule has 12 heavy (non-hydrogen) atoms. The minimum atomic E-state index is -0.106. The SMILES string of the molecule is COC(=O)C1CCCNC1(C)C. The summed E-state index contributed by atoms with van der Waals surface area (Å²) in [6.45, 7) is 5.10. The van der Waals surface area contributed by atoms with Gasteiger partial charge in [-0.25, -0.2) is 0 Å². The minimum absolute atomic E-state index is 0.0104. The number of esters is 1. The maximum absolute atomic E-state index is 11.3. The molecule has 0 saturated carbocycles. The van der Waals surface area contributed by atoms with Gasteiger partial charge in [0.1, 0.15) is 0 Å². The third-order valence-corrected chi connectivity index (χ3v) is 2.61. The van der Waals surface area contributed by atoms with E-state index in [-0.39, 0.29) is 17.4 Å². The fraction of sp³-hybridized carbons (Fsp3) is 0.889. The van der Waals surface area contributed by atoms with Crippen LogP contribution in [0.1, 0.15) is 26.7 Å². The molecular formula is C9H17NO2. The van der Waals surface area contributed by atoms with Crippen LogP contribution >= 0.6 is 0 Å². The highest BCUT2D eigenvalue weighted by molar-refractivity contribution is 5.74. The molecule has 1 unspecified atom stereocenters. The summed E-state index contributed by atoms with van der Waals surface area (Å²) in [6, 6.07) is 0. The molecule has 0 amide bonds. The van der Waals surface area contributed by atoms with Gasteiger partial charge in [0.15, 0.2) is 0 Å². The highest BCUT2D eigenvalue weighted by atomic mass is 16.5. The molecular weight excluding hydrogens is 154 g/mol. The topological polar surface area (TPSA) is 38.3 Å². The van der Waals surface area contributed by atoms with Gasteiger partial charge in [-0.2, -0.15) is 0 Å². The minimum Gasteiger partial charge on any atom is -0.469 e. The summed E-state index contributed by atoms with van der Waals surface area (Å²) in [5.41, 5.74) is -0.106. The van der Waals surface area contributed by atoms with Crippen LogP contribution < -0.4 is 5.32 Å². The van der Waals surface area contributed by atoms with Crippen LogP contribution in [0.25, 0.3) is 0 Å². The number of methoxy groups -OCH3 is 1. The van der Waals surface area contributed by atoms with E-state index in [0.29, 0.717) is 0 Å². The van der Waals surface area contributed by atoms with Gasteiger partial charge in [-0.05, 0) is 33.2 Å². The van der Waals surface area contributed by atoms with E-state index in [1.54, 1.807) is 0 Å². The van der Waals surface area contributed by atoms with E-state index in [1.165, 1.54) is 7.11 Å². The van der Waals surface area contributed by atoms with Crippen molar-refractivity contribution in [2.75, 3.05) is 13.7 Å². The Balaban J connectivity index is 2.66. The molecule has 0 spiro atoms. The Labute approximate surface area is 73.5 Å². The first-order chi connectivity index (χ1) is 5.58. The van der Waals surface area contributed by atoms with Gasteiger partial charge in [-0.3, -0.25) is 4.79 Å². The smallest absolute Gasteiger partial charge is 0.310 e. The molecule has 1 heterocycles. The van der Waals surface area contributed by atoms with Crippen molar-refractivity contribution in [1.82, 2.24) is 5.32 Å². The molecule has 0 aliphatic carbocycles. The largest absolute Gasteiger partial charge is 0.469 e. The lowest BCUT2D eigenvalue weighted by Gasteiger charge is -2.37. The predicted octanol–water partition coefficient (Wildman–Crippen LogP) is 0.938. The molecule has 0 aromatic carbocycles. The second-order valence-electron chi connectivity index (χ2n) is 3.87. The molecule has 1 N–H and O–H groups in total. The van der Waals surface area contributed by atoms with Crippen LogP contribution in [0.5, 0.6) is 0 Å². The number of rotatable bonds is 1. The van der Waals surface area contributed by atoms with Crippen molar-refractivity contribution in [1.29, 1.82) is 0 Å². The molecule has 1 aliphatic heterocycles. The number of hydrogen-bond donors (Lipinski definition) is 1. The number of carbonyl (C=O) groups is 1. The maximum Gasteiger partial charge on any atom is 0.310 e. The summed E-state index contributed by atoms with van der Waals surface area (Å²) in [5, 5.41) is 3.32. The van der Waals surface area contributed by atoms with Gasteiger partial charge < -0.3 is 10.1 Å². The molecule has 3 heteroatoms. The monoisotopic (exact) mass is 171 g/mol. The number of hydrogen-bond acceptors (Lipinski definition) is 3. The van der Waals surface area contributed by atoms with Crippen LogP contribution in [0.2, 0.25) is 0 Å². The summed E-state index contributed by atoms with van der Waals surface area (Å²) in [4.78, 5) is 11.3. The van der Waals surface area contributed by atoms with Gasteiger partial charge in [0.2, 0.25) is 0 Å². The van der Waals surface area contributed by atoms with E-state index in [2.05, 4.69) is 5.32 Å². The molecule has 0 aromatic rings. The van der Waals surface area contributed by atoms with Gasteiger partial charge in [-0.15, -0.1) is 0 Å². The van der Waals surface area contributed by atoms with Gasteiger partial charge in [0.05, 0.1) is 13.0 Å². The lowest BCUT2D eigenvalue weighted by Crippen LogP contribution is -2.53. The summed E-state index contributed by atoms with van der Waals surface area (Å²) in [7, 11) is 1.45. The quantitative estimate of drug-likeness (QED) is 0.597. The van der Waals surface area contributed by atoms with Gasteiger partial charge in [-0.1, -0.05) is 0 Å². The van der Waals surface area contributed by atoms with Crippen LogP contribution in [0.3, 0.4) is 0 Å². The van der Waals surface area contributed by atoms with Crippen molar-refractivity contribution in [2.24, 2.45) is 5.92 Å². The van der Waals surface area contributed by atoms with Gasteiger partial charge in [0.25, 0.3) is 0 Å². The average molecular weight is 171 g/mol. The second kappa shape index (κ2) is 3.44. The summed E-state index contributed by atoms with van der Waals surface area (Å²) >= 11 is 0. The number of piperidine rings is 1. The zero-order chi connectivity index (χ0) is 9.19. The van der Waals surface area contributed by atoms with Crippen LogP contribution in [-0.4, -0.2) is 25.2 Å². The van der Waals surface area contributed by atoms with Crippen LogP contribution in [0.15, 0.2) is 0 Å². The third-order valence-electron chi connectivity index (χ3n) is 2.61. The highest BCUT2D eigenvalue weighted by Gasteiger charge is 2.37. The molecule has 0 bridgehead atoms. The molecule has 1 saturated heterocycles. The Bertz CT molecular complexity index is 177. The van der Waals surface area contributed by atoms with E-state index >= 15 is 0 Å². The van der Waals surface area contributed by atoms with Gasteiger partial charge >= 0.3 is 5.97 Å². The first kappa shape index (κ1) is 9.52. The molecule has 1 aliphatic rings. The van der Waals surface area contributed by atoms with E-state index in [1.807, 2.05) is 13.8 Å². The fourth-order valence-electron chi connectivity index (χ4n) is 1.76. The number of carbonyl (C=O) groups excluding carboxylic acids is 1. The maximum atomic E-state index is 11.3. The lowest BCUT2D eigenvalue weighted by molar-refractivity contribution is -0.149. The van der Waals surface area contributed by atoms with Crippen molar-refractivity contribution in [3.05, 3.63) is 0 Å². The van der Waals surface area contributed by atoms with Crippen molar-refractivity contribution in [3.8, 4) is 0 Å². The molecule has 1 rings (SSSR count). The average Bonchev–Trinajstić information content (AvgIpc) is 2.02. The summed E-state index contributed by atoms with van der Waals surface area (Å²) in [5.74, 6) is -0.0801. The zero-order valence-electron chi connectivity index (χ0n) is 8.02. The first-order valence-corrected chi connectivity index (χ1v) is 4.41. The third kappa shape index (κ3) is 1.78. The van der Waals surface area contributed by atoms with E-state index < -0.39 is 0 Å².